The van der Waals surface area contributed by atoms with Gasteiger partial charge in [0.2, 0.25) is 0 Å². The molecule has 0 spiro atoms. The highest BCUT2D eigenvalue weighted by Crippen LogP contribution is 2.33. The van der Waals surface area contributed by atoms with Crippen molar-refractivity contribution in [2.45, 2.75) is 45.1 Å². The molecule has 1 aromatic rings. The molecule has 2 nitrogen and oxygen atoms in total. The van der Waals surface area contributed by atoms with Crippen LogP contribution in [0.4, 0.5) is 0 Å². The predicted octanol–water partition coefficient (Wildman–Crippen LogP) is 3.12. The minimum atomic E-state index is 0.314. The topological polar surface area (TPSA) is 32.3 Å². The van der Waals surface area contributed by atoms with Crippen molar-refractivity contribution < 1.29 is 5.11 Å². The molecule has 0 fully saturated rings. The first kappa shape index (κ1) is 13.1. The zero-order valence-corrected chi connectivity index (χ0v) is 11.4. The summed E-state index contributed by atoms with van der Waals surface area (Å²) in [5.74, 6) is 0.615. The van der Waals surface area contributed by atoms with Gasteiger partial charge in [0.1, 0.15) is 0 Å². The molecule has 0 aromatic carbocycles. The smallest absolute Gasteiger partial charge is 0.0434 e. The molecule has 1 aromatic heterocycles. The average molecular weight is 253 g/mol. The van der Waals surface area contributed by atoms with E-state index >= 15 is 0 Å². The van der Waals surface area contributed by atoms with Crippen LogP contribution in [-0.4, -0.2) is 18.3 Å². The Hall–Kier alpha value is -0.380. The minimum Gasteiger partial charge on any atom is -0.396 e. The van der Waals surface area contributed by atoms with Gasteiger partial charge in [-0.3, -0.25) is 0 Å². The maximum Gasteiger partial charge on any atom is 0.0434 e. The van der Waals surface area contributed by atoms with E-state index in [1.165, 1.54) is 24.8 Å². The van der Waals surface area contributed by atoms with Crippen LogP contribution in [0, 0.1) is 5.92 Å². The van der Waals surface area contributed by atoms with E-state index in [1.807, 2.05) is 11.3 Å². The molecule has 0 amide bonds. The standard InChI is InChI=1S/C14H23NOS/c1-2-11(6-8-16)10-15-13-4-3-5-14-12(13)7-9-17-14/h7,9,11,13,15-16H,2-6,8,10H2,1H3. The molecule has 2 N–H and O–H groups in total. The molecule has 0 saturated heterocycles. The third-order valence-electron chi connectivity index (χ3n) is 3.82. The van der Waals surface area contributed by atoms with Crippen molar-refractivity contribution >= 4 is 11.3 Å². The molecule has 2 atom stereocenters. The molecule has 17 heavy (non-hydrogen) atoms. The van der Waals surface area contributed by atoms with Crippen molar-refractivity contribution in [1.82, 2.24) is 5.32 Å². The van der Waals surface area contributed by atoms with Crippen molar-refractivity contribution in [3.63, 3.8) is 0 Å². The van der Waals surface area contributed by atoms with Crippen molar-refractivity contribution in [3.8, 4) is 0 Å². The molecule has 0 aliphatic heterocycles. The normalized spacial score (nSPS) is 21.2. The lowest BCUT2D eigenvalue weighted by atomic mass is 9.93. The van der Waals surface area contributed by atoms with Crippen molar-refractivity contribution in [2.75, 3.05) is 13.2 Å². The fraction of sp³-hybridized carbons (Fsp3) is 0.714. The number of fused-ring (bicyclic) bond motifs is 1. The van der Waals surface area contributed by atoms with Crippen LogP contribution < -0.4 is 5.32 Å². The van der Waals surface area contributed by atoms with E-state index in [4.69, 9.17) is 5.11 Å². The highest BCUT2D eigenvalue weighted by molar-refractivity contribution is 7.10. The van der Waals surface area contributed by atoms with Crippen LogP contribution in [0.15, 0.2) is 11.4 Å². The number of hydrogen-bond donors (Lipinski definition) is 2. The van der Waals surface area contributed by atoms with E-state index in [0.717, 1.165) is 19.4 Å². The highest BCUT2D eigenvalue weighted by atomic mass is 32.1. The van der Waals surface area contributed by atoms with Crippen LogP contribution in [-0.2, 0) is 6.42 Å². The molecule has 3 heteroatoms. The Morgan fingerprint density at radius 1 is 1.59 bits per heavy atom. The lowest BCUT2D eigenvalue weighted by molar-refractivity contribution is 0.247. The van der Waals surface area contributed by atoms with Gasteiger partial charge < -0.3 is 10.4 Å². The Morgan fingerprint density at radius 2 is 2.47 bits per heavy atom. The third kappa shape index (κ3) is 3.30. The molecule has 96 valence electrons. The number of aliphatic hydroxyl groups excluding tert-OH is 1. The van der Waals surface area contributed by atoms with Gasteiger partial charge in [-0.1, -0.05) is 13.3 Å². The highest BCUT2D eigenvalue weighted by Gasteiger charge is 2.21. The quantitative estimate of drug-likeness (QED) is 0.816. The molecule has 0 bridgehead atoms. The number of hydrogen-bond acceptors (Lipinski definition) is 3. The van der Waals surface area contributed by atoms with Crippen molar-refractivity contribution in [2.24, 2.45) is 5.92 Å². The monoisotopic (exact) mass is 253 g/mol. The van der Waals surface area contributed by atoms with Crippen LogP contribution in [0.1, 0.15) is 49.1 Å². The van der Waals surface area contributed by atoms with Gasteiger partial charge in [-0.15, -0.1) is 11.3 Å². The molecular weight excluding hydrogens is 230 g/mol. The Bertz CT molecular complexity index is 337. The number of nitrogens with one attached hydrogen (secondary N) is 1. The van der Waals surface area contributed by atoms with Gasteiger partial charge in [-0.2, -0.15) is 0 Å². The van der Waals surface area contributed by atoms with Crippen LogP contribution in [0.2, 0.25) is 0 Å². The van der Waals surface area contributed by atoms with Crippen molar-refractivity contribution in [1.29, 1.82) is 0 Å². The summed E-state index contributed by atoms with van der Waals surface area (Å²) >= 11 is 1.90. The van der Waals surface area contributed by atoms with Crippen LogP contribution in [0.3, 0.4) is 0 Å². The summed E-state index contributed by atoms with van der Waals surface area (Å²) in [7, 11) is 0. The second kappa shape index (κ2) is 6.53. The Labute approximate surface area is 108 Å². The summed E-state index contributed by atoms with van der Waals surface area (Å²) in [6.45, 7) is 3.56. The van der Waals surface area contributed by atoms with E-state index in [9.17, 15) is 0 Å². The Kier molecular flexibility index (Phi) is 5.01. The zero-order chi connectivity index (χ0) is 12.1. The van der Waals surface area contributed by atoms with Gasteiger partial charge in [0.25, 0.3) is 0 Å². The number of aliphatic hydroxyl groups is 1. The molecule has 1 aliphatic carbocycles. The summed E-state index contributed by atoms with van der Waals surface area (Å²) in [6, 6.07) is 2.84. The summed E-state index contributed by atoms with van der Waals surface area (Å²) in [5, 5.41) is 14.9. The molecule has 2 unspecified atom stereocenters. The van der Waals surface area contributed by atoms with Gasteiger partial charge in [-0.25, -0.2) is 0 Å². The van der Waals surface area contributed by atoms with Gasteiger partial charge >= 0.3 is 0 Å². The maximum atomic E-state index is 9.00. The number of rotatable bonds is 6. The van der Waals surface area contributed by atoms with Gasteiger partial charge in [0.05, 0.1) is 0 Å². The molecular formula is C14H23NOS. The van der Waals surface area contributed by atoms with Crippen LogP contribution in [0.25, 0.3) is 0 Å². The third-order valence-corrected chi connectivity index (χ3v) is 4.82. The fourth-order valence-corrected chi connectivity index (χ4v) is 3.63. The number of thiophene rings is 1. The van der Waals surface area contributed by atoms with Crippen molar-refractivity contribution in [3.05, 3.63) is 21.9 Å². The van der Waals surface area contributed by atoms with E-state index < -0.39 is 0 Å². The van der Waals surface area contributed by atoms with E-state index in [0.29, 0.717) is 18.6 Å². The first-order valence-electron chi connectivity index (χ1n) is 6.75. The SMILES string of the molecule is CCC(CCO)CNC1CCCc2sccc21. The summed E-state index contributed by atoms with van der Waals surface area (Å²) in [5.41, 5.74) is 1.53. The van der Waals surface area contributed by atoms with Crippen LogP contribution in [0.5, 0.6) is 0 Å². The first-order valence-corrected chi connectivity index (χ1v) is 7.63. The summed E-state index contributed by atoms with van der Waals surface area (Å²) in [6.07, 6.45) is 5.91. The van der Waals surface area contributed by atoms with E-state index in [-0.39, 0.29) is 0 Å². The Balaban J connectivity index is 1.88. The van der Waals surface area contributed by atoms with Gasteiger partial charge in [0.15, 0.2) is 0 Å². The molecule has 2 rings (SSSR count). The minimum absolute atomic E-state index is 0.314. The molecule has 0 radical (unpaired) electrons. The largest absolute Gasteiger partial charge is 0.396 e. The summed E-state index contributed by atoms with van der Waals surface area (Å²) in [4.78, 5) is 1.57. The summed E-state index contributed by atoms with van der Waals surface area (Å²) < 4.78 is 0. The lowest BCUT2D eigenvalue weighted by Crippen LogP contribution is -2.29. The molecule has 1 heterocycles. The fourth-order valence-electron chi connectivity index (χ4n) is 2.64. The first-order chi connectivity index (χ1) is 8.35. The predicted molar refractivity (Wildman–Crippen MR) is 73.5 cm³/mol. The van der Waals surface area contributed by atoms with E-state index in [1.54, 1.807) is 4.88 Å². The van der Waals surface area contributed by atoms with Gasteiger partial charge in [-0.05, 0) is 55.2 Å². The van der Waals surface area contributed by atoms with Crippen LogP contribution >= 0.6 is 11.3 Å². The Morgan fingerprint density at radius 3 is 3.24 bits per heavy atom. The second-order valence-electron chi connectivity index (χ2n) is 4.94. The zero-order valence-electron chi connectivity index (χ0n) is 10.6. The maximum absolute atomic E-state index is 9.00. The molecule has 1 aliphatic rings. The van der Waals surface area contributed by atoms with Gasteiger partial charge in [0, 0.05) is 17.5 Å². The van der Waals surface area contributed by atoms with E-state index in [2.05, 4.69) is 23.7 Å². The number of aryl methyl sites for hydroxylation is 1. The lowest BCUT2D eigenvalue weighted by Gasteiger charge is -2.26. The molecule has 0 saturated carbocycles. The second-order valence-corrected chi connectivity index (χ2v) is 5.94. The average Bonchev–Trinajstić information content (AvgIpc) is 2.83.